The summed E-state index contributed by atoms with van der Waals surface area (Å²) in [4.78, 5) is 14.6. The molecule has 1 amide bonds. The van der Waals surface area contributed by atoms with Gasteiger partial charge in [0.15, 0.2) is 0 Å². The van der Waals surface area contributed by atoms with Crippen molar-refractivity contribution in [3.8, 4) is 16.9 Å². The molecule has 0 unspecified atom stereocenters. The molecule has 178 valence electrons. The molecule has 0 spiro atoms. The third-order valence-electron chi connectivity index (χ3n) is 5.27. The van der Waals surface area contributed by atoms with Crippen LogP contribution in [0.1, 0.15) is 21.5 Å². The second-order valence-corrected chi connectivity index (χ2v) is 9.51. The first-order valence-corrected chi connectivity index (χ1v) is 12.3. The van der Waals surface area contributed by atoms with Gasteiger partial charge in [-0.15, -0.1) is 4.83 Å². The average molecular weight is 491 g/mol. The summed E-state index contributed by atoms with van der Waals surface area (Å²) < 4.78 is 45.9. The minimum absolute atomic E-state index is 0.113. The maximum absolute atomic E-state index is 14.7. The molecule has 35 heavy (non-hydrogen) atoms. The molecule has 0 aliphatic carbocycles. The van der Waals surface area contributed by atoms with E-state index >= 15 is 0 Å². The van der Waals surface area contributed by atoms with E-state index in [0.717, 1.165) is 11.1 Å². The van der Waals surface area contributed by atoms with Crippen LogP contribution in [0.4, 0.5) is 4.39 Å². The molecule has 0 aliphatic rings. The minimum atomic E-state index is -4.14. The lowest BCUT2D eigenvalue weighted by Crippen LogP contribution is -2.41. The van der Waals surface area contributed by atoms with Gasteiger partial charge in [0.2, 0.25) is 0 Å². The molecule has 0 atom stereocenters. The standard InChI is InChI=1S/C27H23FN2O4S/c1-19-15-22(21-11-6-3-7-12-21)16-25(26(19)28)27(31)29-30-35(32,33)24-14-8-13-23(17-24)34-18-20-9-4-2-5-10-20/h2-17,30H,18H2,1H3,(H,29,31). The van der Waals surface area contributed by atoms with E-state index in [2.05, 4.69) is 5.43 Å². The Morgan fingerprint density at radius 1 is 0.857 bits per heavy atom. The van der Waals surface area contributed by atoms with Crippen molar-refractivity contribution in [2.45, 2.75) is 18.4 Å². The fraction of sp³-hybridized carbons (Fsp3) is 0.0741. The summed E-state index contributed by atoms with van der Waals surface area (Å²) in [6, 6.07) is 27.5. The van der Waals surface area contributed by atoms with Gasteiger partial charge in [-0.25, -0.2) is 12.8 Å². The van der Waals surface area contributed by atoms with Crippen molar-refractivity contribution in [2.75, 3.05) is 0 Å². The van der Waals surface area contributed by atoms with Gasteiger partial charge < -0.3 is 4.74 Å². The van der Waals surface area contributed by atoms with Gasteiger partial charge in [-0.1, -0.05) is 66.7 Å². The molecule has 6 nitrogen and oxygen atoms in total. The number of hydrogen-bond acceptors (Lipinski definition) is 4. The number of amides is 1. The number of carbonyl (C=O) groups excluding carboxylic acids is 1. The van der Waals surface area contributed by atoms with Crippen LogP contribution in [-0.2, 0) is 16.6 Å². The van der Waals surface area contributed by atoms with Crippen LogP contribution in [-0.4, -0.2) is 14.3 Å². The zero-order valence-electron chi connectivity index (χ0n) is 18.9. The van der Waals surface area contributed by atoms with E-state index in [1.807, 2.05) is 65.5 Å². The highest BCUT2D eigenvalue weighted by Gasteiger charge is 2.20. The highest BCUT2D eigenvalue weighted by Crippen LogP contribution is 2.25. The molecule has 0 aromatic heterocycles. The van der Waals surface area contributed by atoms with Crippen LogP contribution in [0.2, 0.25) is 0 Å². The van der Waals surface area contributed by atoms with Gasteiger partial charge in [0, 0.05) is 6.07 Å². The Morgan fingerprint density at radius 2 is 1.54 bits per heavy atom. The van der Waals surface area contributed by atoms with Gasteiger partial charge >= 0.3 is 0 Å². The number of hydrazine groups is 1. The van der Waals surface area contributed by atoms with E-state index in [4.69, 9.17) is 4.74 Å². The van der Waals surface area contributed by atoms with E-state index in [1.54, 1.807) is 19.1 Å². The second-order valence-electron chi connectivity index (χ2n) is 7.83. The van der Waals surface area contributed by atoms with Gasteiger partial charge in [-0.2, -0.15) is 0 Å². The van der Waals surface area contributed by atoms with Crippen LogP contribution in [0, 0.1) is 12.7 Å². The number of aryl methyl sites for hydroxylation is 1. The number of benzene rings is 4. The molecular formula is C27H23FN2O4S. The Morgan fingerprint density at radius 3 is 2.26 bits per heavy atom. The van der Waals surface area contributed by atoms with Crippen molar-refractivity contribution < 1.29 is 22.3 Å². The second kappa shape index (κ2) is 10.5. The summed E-state index contributed by atoms with van der Waals surface area (Å²) in [6.45, 7) is 1.81. The van der Waals surface area contributed by atoms with Gasteiger partial charge in [0.1, 0.15) is 18.2 Å². The zero-order chi connectivity index (χ0) is 24.8. The summed E-state index contributed by atoms with van der Waals surface area (Å²) in [7, 11) is -4.14. The first-order valence-electron chi connectivity index (χ1n) is 10.8. The minimum Gasteiger partial charge on any atom is -0.489 e. The molecule has 0 saturated heterocycles. The zero-order valence-corrected chi connectivity index (χ0v) is 19.7. The summed E-state index contributed by atoms with van der Waals surface area (Å²) in [5, 5.41) is 0. The normalized spacial score (nSPS) is 11.1. The van der Waals surface area contributed by atoms with Crippen molar-refractivity contribution >= 4 is 15.9 Å². The molecule has 0 fully saturated rings. The van der Waals surface area contributed by atoms with E-state index < -0.39 is 21.7 Å². The Labute approximate surface area is 203 Å². The molecule has 4 aromatic carbocycles. The first-order chi connectivity index (χ1) is 16.8. The average Bonchev–Trinajstić information content (AvgIpc) is 2.89. The van der Waals surface area contributed by atoms with Crippen LogP contribution in [0.15, 0.2) is 102 Å². The van der Waals surface area contributed by atoms with Crippen molar-refractivity contribution in [3.63, 3.8) is 0 Å². The smallest absolute Gasteiger partial charge is 0.269 e. The van der Waals surface area contributed by atoms with Crippen LogP contribution in [0.3, 0.4) is 0 Å². The highest BCUT2D eigenvalue weighted by molar-refractivity contribution is 7.89. The molecule has 0 saturated carbocycles. The van der Waals surface area contributed by atoms with Crippen LogP contribution in [0.25, 0.3) is 11.1 Å². The molecule has 0 bridgehead atoms. The maximum atomic E-state index is 14.7. The van der Waals surface area contributed by atoms with Crippen molar-refractivity contribution in [1.29, 1.82) is 0 Å². The molecular weight excluding hydrogens is 467 g/mol. The number of halogens is 1. The van der Waals surface area contributed by atoms with Gasteiger partial charge in [-0.05, 0) is 53.4 Å². The Balaban J connectivity index is 1.47. The summed E-state index contributed by atoms with van der Waals surface area (Å²) in [6.07, 6.45) is 0. The van der Waals surface area contributed by atoms with Gasteiger partial charge in [0.05, 0.1) is 10.5 Å². The summed E-state index contributed by atoms with van der Waals surface area (Å²) in [5.74, 6) is -1.29. The third kappa shape index (κ3) is 5.92. The fourth-order valence-electron chi connectivity index (χ4n) is 3.44. The maximum Gasteiger partial charge on any atom is 0.269 e. The number of hydrogen-bond donors (Lipinski definition) is 2. The number of ether oxygens (including phenoxy) is 1. The molecule has 0 aliphatic heterocycles. The Kier molecular flexibility index (Phi) is 7.24. The predicted octanol–water partition coefficient (Wildman–Crippen LogP) is 5.00. The molecule has 0 radical (unpaired) electrons. The van der Waals surface area contributed by atoms with Crippen LogP contribution < -0.4 is 15.0 Å². The van der Waals surface area contributed by atoms with E-state index in [1.165, 1.54) is 24.3 Å². The van der Waals surface area contributed by atoms with Gasteiger partial charge in [-0.3, -0.25) is 10.2 Å². The van der Waals surface area contributed by atoms with Crippen molar-refractivity contribution in [2.24, 2.45) is 0 Å². The molecule has 2 N–H and O–H groups in total. The molecule has 0 heterocycles. The van der Waals surface area contributed by atoms with E-state index in [0.29, 0.717) is 11.3 Å². The number of rotatable bonds is 8. The molecule has 8 heteroatoms. The molecule has 4 rings (SSSR count). The number of sulfonamides is 1. The van der Waals surface area contributed by atoms with Crippen LogP contribution >= 0.6 is 0 Å². The Hall–Kier alpha value is -4.01. The quantitative estimate of drug-likeness (QED) is 0.340. The van der Waals surface area contributed by atoms with E-state index in [-0.39, 0.29) is 22.6 Å². The predicted molar refractivity (Wildman–Crippen MR) is 132 cm³/mol. The largest absolute Gasteiger partial charge is 0.489 e. The monoisotopic (exact) mass is 490 g/mol. The lowest BCUT2D eigenvalue weighted by molar-refractivity contribution is 0.0941. The van der Waals surface area contributed by atoms with Crippen LogP contribution in [0.5, 0.6) is 5.75 Å². The fourth-order valence-corrected chi connectivity index (χ4v) is 4.32. The highest BCUT2D eigenvalue weighted by atomic mass is 32.2. The summed E-state index contributed by atoms with van der Waals surface area (Å²) >= 11 is 0. The Bertz CT molecular complexity index is 1440. The lowest BCUT2D eigenvalue weighted by Gasteiger charge is -2.13. The number of carbonyl (C=O) groups is 1. The van der Waals surface area contributed by atoms with Crippen molar-refractivity contribution in [1.82, 2.24) is 10.3 Å². The molecule has 4 aromatic rings. The SMILES string of the molecule is Cc1cc(-c2ccccc2)cc(C(=O)NNS(=O)(=O)c2cccc(OCc3ccccc3)c2)c1F. The van der Waals surface area contributed by atoms with Gasteiger partial charge in [0.25, 0.3) is 15.9 Å². The topological polar surface area (TPSA) is 84.5 Å². The summed E-state index contributed by atoms with van der Waals surface area (Å²) in [5.41, 5.74) is 4.47. The lowest BCUT2D eigenvalue weighted by atomic mass is 9.99. The number of nitrogens with one attached hydrogen (secondary N) is 2. The first kappa shape index (κ1) is 24.1. The van der Waals surface area contributed by atoms with Crippen molar-refractivity contribution in [3.05, 3.63) is 120 Å². The third-order valence-corrected chi connectivity index (χ3v) is 6.51. The van der Waals surface area contributed by atoms with E-state index in [9.17, 15) is 17.6 Å².